The summed E-state index contributed by atoms with van der Waals surface area (Å²) in [5.41, 5.74) is 0.980. The second kappa shape index (κ2) is 6.72. The molecule has 3 heterocycles. The fourth-order valence-electron chi connectivity index (χ4n) is 3.12. The Morgan fingerprint density at radius 1 is 1.32 bits per heavy atom. The maximum Gasteiger partial charge on any atom is 0.291 e. The van der Waals surface area contributed by atoms with Crippen LogP contribution in [0.5, 0.6) is 0 Å². The lowest BCUT2D eigenvalue weighted by Crippen LogP contribution is -2.30. The van der Waals surface area contributed by atoms with Gasteiger partial charge in [0.05, 0.1) is 12.4 Å². The average Bonchev–Trinajstić information content (AvgIpc) is 3.37. The van der Waals surface area contributed by atoms with Gasteiger partial charge in [-0.15, -0.1) is 0 Å². The molecule has 1 unspecified atom stereocenters. The summed E-state index contributed by atoms with van der Waals surface area (Å²) in [4.78, 5) is 22.5. The quantitative estimate of drug-likeness (QED) is 0.708. The van der Waals surface area contributed by atoms with Crippen molar-refractivity contribution < 1.29 is 13.6 Å². The van der Waals surface area contributed by atoms with Crippen molar-refractivity contribution in [2.75, 3.05) is 6.54 Å². The first kappa shape index (κ1) is 15.9. The van der Waals surface area contributed by atoms with Crippen LogP contribution < -0.4 is 0 Å². The van der Waals surface area contributed by atoms with Gasteiger partial charge in [-0.2, -0.15) is 0 Å². The largest absolute Gasteiger partial charge is 0.443 e. The predicted molar refractivity (Wildman–Crippen MR) is 90.3 cm³/mol. The molecule has 0 spiro atoms. The van der Waals surface area contributed by atoms with Crippen LogP contribution in [0.15, 0.2) is 51.9 Å². The van der Waals surface area contributed by atoms with E-state index in [1.807, 2.05) is 24.3 Å². The average molecular weight is 358 g/mol. The van der Waals surface area contributed by atoms with Crippen LogP contribution in [0.1, 0.15) is 46.7 Å². The molecule has 25 heavy (non-hydrogen) atoms. The van der Waals surface area contributed by atoms with Crippen LogP contribution >= 0.6 is 11.6 Å². The summed E-state index contributed by atoms with van der Waals surface area (Å²) in [6.45, 7) is 0.645. The SMILES string of the molecule is O=C(c1cnco1)N1CCCC1c1ncc(Cc2ccccc2Cl)o1. The van der Waals surface area contributed by atoms with Gasteiger partial charge in [0.2, 0.25) is 11.7 Å². The van der Waals surface area contributed by atoms with Crippen LogP contribution in [-0.2, 0) is 6.42 Å². The van der Waals surface area contributed by atoms with Gasteiger partial charge in [-0.3, -0.25) is 4.79 Å². The summed E-state index contributed by atoms with van der Waals surface area (Å²) >= 11 is 6.20. The summed E-state index contributed by atoms with van der Waals surface area (Å²) in [6.07, 6.45) is 6.66. The monoisotopic (exact) mass is 357 g/mol. The van der Waals surface area contributed by atoms with Gasteiger partial charge in [0, 0.05) is 18.0 Å². The Kier molecular flexibility index (Phi) is 4.28. The van der Waals surface area contributed by atoms with Crippen molar-refractivity contribution in [2.45, 2.75) is 25.3 Å². The first-order valence-electron chi connectivity index (χ1n) is 8.10. The van der Waals surface area contributed by atoms with E-state index in [9.17, 15) is 4.79 Å². The standard InChI is InChI=1S/C18H16ClN3O3/c19-14-5-2-1-4-12(14)8-13-9-21-17(25-13)15-6-3-7-22(15)18(23)16-10-20-11-24-16/h1-2,4-5,9-11,15H,3,6-8H2. The number of oxazole rings is 2. The molecule has 1 aromatic carbocycles. The minimum atomic E-state index is -0.189. The van der Waals surface area contributed by atoms with Crippen LogP contribution in [0.2, 0.25) is 5.02 Å². The number of hydrogen-bond acceptors (Lipinski definition) is 5. The number of benzene rings is 1. The number of nitrogens with zero attached hydrogens (tertiary/aromatic N) is 3. The Bertz CT molecular complexity index is 875. The van der Waals surface area contributed by atoms with Gasteiger partial charge >= 0.3 is 0 Å². The highest BCUT2D eigenvalue weighted by molar-refractivity contribution is 6.31. The molecule has 0 N–H and O–H groups in total. The molecule has 3 aromatic rings. The second-order valence-corrected chi connectivity index (χ2v) is 6.36. The number of amides is 1. The molecule has 4 rings (SSSR count). The number of halogens is 1. The number of carbonyl (C=O) groups excluding carboxylic acids is 1. The zero-order valence-corrected chi connectivity index (χ0v) is 14.1. The predicted octanol–water partition coefficient (Wildman–Crippen LogP) is 3.88. The summed E-state index contributed by atoms with van der Waals surface area (Å²) in [7, 11) is 0. The molecule has 1 saturated heterocycles. The van der Waals surface area contributed by atoms with E-state index in [0.717, 1.165) is 24.2 Å². The van der Waals surface area contributed by atoms with Crippen LogP contribution in [0.4, 0.5) is 0 Å². The number of hydrogen-bond donors (Lipinski definition) is 0. The van der Waals surface area contributed by atoms with E-state index in [0.29, 0.717) is 23.9 Å². The molecule has 0 bridgehead atoms. The van der Waals surface area contributed by atoms with Crippen molar-refractivity contribution in [1.29, 1.82) is 0 Å². The molecule has 1 amide bonds. The molecule has 7 heteroatoms. The van der Waals surface area contributed by atoms with Crippen molar-refractivity contribution in [3.63, 3.8) is 0 Å². The molecule has 1 aliphatic rings. The molecule has 0 aliphatic carbocycles. The van der Waals surface area contributed by atoms with Gasteiger partial charge in [-0.05, 0) is 24.5 Å². The van der Waals surface area contributed by atoms with E-state index in [2.05, 4.69) is 9.97 Å². The highest BCUT2D eigenvalue weighted by Crippen LogP contribution is 2.33. The fourth-order valence-corrected chi connectivity index (χ4v) is 3.32. The summed E-state index contributed by atoms with van der Waals surface area (Å²) in [6, 6.07) is 7.46. The maximum absolute atomic E-state index is 12.5. The van der Waals surface area contributed by atoms with Crippen LogP contribution in [-0.4, -0.2) is 27.3 Å². The molecule has 1 aliphatic heterocycles. The Labute approximate surface area is 149 Å². The van der Waals surface area contributed by atoms with Gasteiger partial charge in [0.15, 0.2) is 6.39 Å². The Morgan fingerprint density at radius 2 is 2.20 bits per heavy atom. The maximum atomic E-state index is 12.5. The lowest BCUT2D eigenvalue weighted by Gasteiger charge is -2.20. The first-order valence-corrected chi connectivity index (χ1v) is 8.47. The second-order valence-electron chi connectivity index (χ2n) is 5.96. The molecule has 0 saturated carbocycles. The summed E-state index contributed by atoms with van der Waals surface area (Å²) in [5.74, 6) is 1.31. The van der Waals surface area contributed by atoms with E-state index in [1.54, 1.807) is 11.1 Å². The van der Waals surface area contributed by atoms with E-state index in [4.69, 9.17) is 20.4 Å². The third kappa shape index (κ3) is 3.17. The molecular formula is C18H16ClN3O3. The molecular weight excluding hydrogens is 342 g/mol. The first-order chi connectivity index (χ1) is 12.2. The zero-order chi connectivity index (χ0) is 17.2. The highest BCUT2D eigenvalue weighted by Gasteiger charge is 2.35. The molecule has 128 valence electrons. The number of rotatable bonds is 4. The summed E-state index contributed by atoms with van der Waals surface area (Å²) in [5, 5.41) is 0.698. The lowest BCUT2D eigenvalue weighted by molar-refractivity contribution is 0.0682. The summed E-state index contributed by atoms with van der Waals surface area (Å²) < 4.78 is 11.0. The van der Waals surface area contributed by atoms with E-state index in [1.165, 1.54) is 12.6 Å². The molecule has 1 atom stereocenters. The van der Waals surface area contributed by atoms with Gasteiger partial charge in [-0.1, -0.05) is 29.8 Å². The Balaban J connectivity index is 1.53. The third-order valence-electron chi connectivity index (χ3n) is 4.34. The fraction of sp³-hybridized carbons (Fsp3) is 0.278. The van der Waals surface area contributed by atoms with Crippen molar-refractivity contribution in [3.8, 4) is 0 Å². The molecule has 0 radical (unpaired) electrons. The van der Waals surface area contributed by atoms with Crippen molar-refractivity contribution >= 4 is 17.5 Å². The normalized spacial score (nSPS) is 17.2. The van der Waals surface area contributed by atoms with Gasteiger partial charge in [0.1, 0.15) is 11.8 Å². The Morgan fingerprint density at radius 3 is 3.00 bits per heavy atom. The van der Waals surface area contributed by atoms with Crippen LogP contribution in [0, 0.1) is 0 Å². The van der Waals surface area contributed by atoms with Crippen LogP contribution in [0.25, 0.3) is 0 Å². The van der Waals surface area contributed by atoms with Gasteiger partial charge in [0.25, 0.3) is 5.91 Å². The topological polar surface area (TPSA) is 72.4 Å². The lowest BCUT2D eigenvalue weighted by atomic mass is 10.1. The smallest absolute Gasteiger partial charge is 0.291 e. The van der Waals surface area contributed by atoms with Crippen LogP contribution in [0.3, 0.4) is 0 Å². The zero-order valence-electron chi connectivity index (χ0n) is 13.4. The molecule has 2 aromatic heterocycles. The van der Waals surface area contributed by atoms with Crippen molar-refractivity contribution in [3.05, 3.63) is 71.1 Å². The van der Waals surface area contributed by atoms with E-state index >= 15 is 0 Å². The van der Waals surface area contributed by atoms with E-state index in [-0.39, 0.29) is 17.7 Å². The number of likely N-dealkylation sites (tertiary alicyclic amines) is 1. The highest BCUT2D eigenvalue weighted by atomic mass is 35.5. The van der Waals surface area contributed by atoms with E-state index < -0.39 is 0 Å². The van der Waals surface area contributed by atoms with Gasteiger partial charge < -0.3 is 13.7 Å². The number of aromatic nitrogens is 2. The number of carbonyl (C=O) groups is 1. The van der Waals surface area contributed by atoms with Gasteiger partial charge in [-0.25, -0.2) is 9.97 Å². The molecule has 6 nitrogen and oxygen atoms in total. The minimum absolute atomic E-state index is 0.183. The van der Waals surface area contributed by atoms with Crippen molar-refractivity contribution in [1.82, 2.24) is 14.9 Å². The third-order valence-corrected chi connectivity index (χ3v) is 4.70. The molecule has 1 fully saturated rings. The minimum Gasteiger partial charge on any atom is -0.443 e. The Hall–Kier alpha value is -2.60. The van der Waals surface area contributed by atoms with Crippen molar-refractivity contribution in [2.24, 2.45) is 0 Å².